The predicted molar refractivity (Wildman–Crippen MR) is 98.0 cm³/mol. The first-order chi connectivity index (χ1) is 12.6. The Balaban J connectivity index is 1.67. The van der Waals surface area contributed by atoms with Crippen LogP contribution in [0.15, 0.2) is 71.9 Å². The van der Waals surface area contributed by atoms with E-state index in [0.717, 1.165) is 10.4 Å². The molecule has 2 aromatic carbocycles. The number of hydrogen-bond donors (Lipinski definition) is 1. The van der Waals surface area contributed by atoms with Gasteiger partial charge >= 0.3 is 0 Å². The van der Waals surface area contributed by atoms with Gasteiger partial charge in [0.15, 0.2) is 0 Å². The first kappa shape index (κ1) is 15.8. The van der Waals surface area contributed by atoms with Gasteiger partial charge in [-0.2, -0.15) is 5.10 Å². The monoisotopic (exact) mass is 345 g/mol. The van der Waals surface area contributed by atoms with Gasteiger partial charge in [-0.05, 0) is 31.2 Å². The Morgan fingerprint density at radius 3 is 2.58 bits per heavy atom. The Kier molecular flexibility index (Phi) is 3.81. The molecule has 4 rings (SSSR count). The van der Waals surface area contributed by atoms with Crippen LogP contribution in [0.1, 0.15) is 16.1 Å². The zero-order chi connectivity index (χ0) is 18.1. The summed E-state index contributed by atoms with van der Waals surface area (Å²) in [5.74, 6) is -0.427. The molecule has 0 bridgehead atoms. The molecule has 7 heteroatoms. The molecule has 0 unspecified atom stereocenters. The summed E-state index contributed by atoms with van der Waals surface area (Å²) in [6.07, 6.45) is 2.79. The summed E-state index contributed by atoms with van der Waals surface area (Å²) in [4.78, 5) is 29.3. The van der Waals surface area contributed by atoms with Crippen molar-refractivity contribution >= 4 is 16.8 Å². The van der Waals surface area contributed by atoms with Crippen molar-refractivity contribution in [2.75, 3.05) is 5.43 Å². The number of carbonyl (C=O) groups excluding carboxylic acids is 1. The SMILES string of the molecule is Cc1c(C(=O)Nn2cnc3ccccc3c2=O)cnn1-c1ccccc1. The van der Waals surface area contributed by atoms with Gasteiger partial charge in [-0.3, -0.25) is 15.0 Å². The molecular weight excluding hydrogens is 330 g/mol. The fourth-order valence-electron chi connectivity index (χ4n) is 2.78. The number of nitrogens with zero attached hydrogens (tertiary/aromatic N) is 4. The van der Waals surface area contributed by atoms with Crippen molar-refractivity contribution in [3.05, 3.63) is 88.7 Å². The highest BCUT2D eigenvalue weighted by Crippen LogP contribution is 2.14. The van der Waals surface area contributed by atoms with Crippen molar-refractivity contribution in [3.63, 3.8) is 0 Å². The first-order valence-electron chi connectivity index (χ1n) is 8.03. The average Bonchev–Trinajstić information content (AvgIpc) is 3.06. The zero-order valence-electron chi connectivity index (χ0n) is 14.0. The number of aromatic nitrogens is 4. The van der Waals surface area contributed by atoms with E-state index in [0.29, 0.717) is 22.2 Å². The van der Waals surface area contributed by atoms with Gasteiger partial charge in [0.1, 0.15) is 6.33 Å². The maximum Gasteiger partial charge on any atom is 0.280 e. The Labute approximate surface area is 148 Å². The van der Waals surface area contributed by atoms with Gasteiger partial charge in [-0.15, -0.1) is 0 Å². The number of carbonyl (C=O) groups is 1. The molecule has 26 heavy (non-hydrogen) atoms. The van der Waals surface area contributed by atoms with Crippen molar-refractivity contribution in [2.45, 2.75) is 6.92 Å². The van der Waals surface area contributed by atoms with Crippen LogP contribution in [-0.2, 0) is 0 Å². The smallest absolute Gasteiger partial charge is 0.267 e. The molecule has 4 aromatic rings. The highest BCUT2D eigenvalue weighted by molar-refractivity contribution is 6.00. The average molecular weight is 345 g/mol. The molecule has 0 saturated heterocycles. The van der Waals surface area contributed by atoms with Gasteiger partial charge in [0.2, 0.25) is 0 Å². The minimum Gasteiger partial charge on any atom is -0.267 e. The third kappa shape index (κ3) is 2.65. The van der Waals surface area contributed by atoms with Crippen LogP contribution >= 0.6 is 0 Å². The number of rotatable bonds is 3. The van der Waals surface area contributed by atoms with Crippen molar-refractivity contribution < 1.29 is 4.79 Å². The maximum absolute atomic E-state index is 12.6. The number of hydrogen-bond acceptors (Lipinski definition) is 4. The summed E-state index contributed by atoms with van der Waals surface area (Å²) >= 11 is 0. The highest BCUT2D eigenvalue weighted by Gasteiger charge is 2.16. The van der Waals surface area contributed by atoms with E-state index in [-0.39, 0.29) is 5.56 Å². The van der Waals surface area contributed by atoms with Crippen molar-refractivity contribution in [2.24, 2.45) is 0 Å². The normalized spacial score (nSPS) is 10.8. The van der Waals surface area contributed by atoms with Crippen LogP contribution < -0.4 is 11.0 Å². The second kappa shape index (κ2) is 6.29. The fourth-order valence-corrected chi connectivity index (χ4v) is 2.78. The zero-order valence-corrected chi connectivity index (χ0v) is 14.0. The molecule has 0 aliphatic heterocycles. The standard InChI is InChI=1S/C19H15N5O2/c1-13-16(11-21-24(13)14-7-3-2-4-8-14)18(25)22-23-12-20-17-10-6-5-9-15(17)19(23)26/h2-12H,1H3,(H,22,25). The lowest BCUT2D eigenvalue weighted by Crippen LogP contribution is -2.33. The maximum atomic E-state index is 12.6. The first-order valence-corrected chi connectivity index (χ1v) is 8.03. The molecule has 0 aliphatic carbocycles. The van der Waals surface area contributed by atoms with E-state index < -0.39 is 5.91 Å². The minimum absolute atomic E-state index is 0.336. The van der Waals surface area contributed by atoms with E-state index in [4.69, 9.17) is 0 Å². The molecule has 0 spiro atoms. The largest absolute Gasteiger partial charge is 0.280 e. The van der Waals surface area contributed by atoms with E-state index in [2.05, 4.69) is 15.5 Å². The number of nitrogens with one attached hydrogen (secondary N) is 1. The van der Waals surface area contributed by atoms with Gasteiger partial charge in [0, 0.05) is 0 Å². The lowest BCUT2D eigenvalue weighted by atomic mass is 10.2. The number of benzene rings is 2. The molecule has 0 fully saturated rings. The van der Waals surface area contributed by atoms with Gasteiger partial charge in [-0.1, -0.05) is 30.3 Å². The summed E-state index contributed by atoms with van der Waals surface area (Å²) in [6, 6.07) is 16.5. The topological polar surface area (TPSA) is 81.8 Å². The lowest BCUT2D eigenvalue weighted by molar-refractivity contribution is 0.101. The Bertz CT molecular complexity index is 1160. The summed E-state index contributed by atoms with van der Waals surface area (Å²) in [5, 5.41) is 4.71. The number of para-hydroxylation sites is 2. The van der Waals surface area contributed by atoms with Crippen molar-refractivity contribution in [1.82, 2.24) is 19.4 Å². The second-order valence-electron chi connectivity index (χ2n) is 5.77. The number of fused-ring (bicyclic) bond motifs is 1. The van der Waals surface area contributed by atoms with Gasteiger partial charge < -0.3 is 0 Å². The molecule has 0 atom stereocenters. The Morgan fingerprint density at radius 1 is 1.04 bits per heavy atom. The van der Waals surface area contributed by atoms with Crippen molar-refractivity contribution in [3.8, 4) is 5.69 Å². The summed E-state index contributed by atoms with van der Waals surface area (Å²) in [5.41, 5.74) is 4.73. The minimum atomic E-state index is -0.427. The molecule has 1 N–H and O–H groups in total. The van der Waals surface area contributed by atoms with Crippen LogP contribution in [0, 0.1) is 6.92 Å². The van der Waals surface area contributed by atoms with E-state index in [9.17, 15) is 9.59 Å². The van der Waals surface area contributed by atoms with Gasteiger partial charge in [0.05, 0.1) is 34.0 Å². The van der Waals surface area contributed by atoms with E-state index in [1.165, 1.54) is 12.5 Å². The molecule has 0 radical (unpaired) electrons. The van der Waals surface area contributed by atoms with Crippen LogP contribution in [-0.4, -0.2) is 25.3 Å². The molecule has 2 heterocycles. The van der Waals surface area contributed by atoms with Crippen LogP contribution in [0.4, 0.5) is 0 Å². The third-order valence-corrected chi connectivity index (χ3v) is 4.14. The van der Waals surface area contributed by atoms with Crippen LogP contribution in [0.3, 0.4) is 0 Å². The third-order valence-electron chi connectivity index (χ3n) is 4.14. The molecule has 0 aliphatic rings. The second-order valence-corrected chi connectivity index (χ2v) is 5.77. The molecule has 7 nitrogen and oxygen atoms in total. The van der Waals surface area contributed by atoms with Crippen molar-refractivity contribution in [1.29, 1.82) is 0 Å². The molecule has 0 saturated carbocycles. The molecular formula is C19H15N5O2. The van der Waals surface area contributed by atoms with Gasteiger partial charge in [0.25, 0.3) is 11.5 Å². The van der Waals surface area contributed by atoms with E-state index in [1.807, 2.05) is 30.3 Å². The summed E-state index contributed by atoms with van der Waals surface area (Å²) in [6.45, 7) is 1.80. The molecule has 1 amide bonds. The molecule has 2 aromatic heterocycles. The highest BCUT2D eigenvalue weighted by atomic mass is 16.2. The summed E-state index contributed by atoms with van der Waals surface area (Å²) in [7, 11) is 0. The van der Waals surface area contributed by atoms with Crippen LogP contribution in [0.5, 0.6) is 0 Å². The fraction of sp³-hybridized carbons (Fsp3) is 0.0526. The van der Waals surface area contributed by atoms with E-state index in [1.54, 1.807) is 35.9 Å². The lowest BCUT2D eigenvalue weighted by Gasteiger charge is -2.09. The van der Waals surface area contributed by atoms with Gasteiger partial charge in [-0.25, -0.2) is 14.3 Å². The van der Waals surface area contributed by atoms with Crippen LogP contribution in [0.2, 0.25) is 0 Å². The predicted octanol–water partition coefficient (Wildman–Crippen LogP) is 2.27. The summed E-state index contributed by atoms with van der Waals surface area (Å²) < 4.78 is 2.76. The van der Waals surface area contributed by atoms with E-state index >= 15 is 0 Å². The number of amides is 1. The Hall–Kier alpha value is -3.74. The van der Waals surface area contributed by atoms with Crippen LogP contribution in [0.25, 0.3) is 16.6 Å². The molecule has 128 valence electrons. The Morgan fingerprint density at radius 2 is 1.77 bits per heavy atom. The quantitative estimate of drug-likeness (QED) is 0.617.